The molecule has 0 unspecified atom stereocenters. The van der Waals surface area contributed by atoms with Crippen molar-refractivity contribution in [3.05, 3.63) is 41.4 Å². The van der Waals surface area contributed by atoms with Crippen molar-refractivity contribution in [2.75, 3.05) is 46.9 Å². The second-order valence-electron chi connectivity index (χ2n) is 7.01. The average molecular weight is 438 g/mol. The van der Waals surface area contributed by atoms with Gasteiger partial charge in [0, 0.05) is 28.6 Å². The van der Waals surface area contributed by atoms with Gasteiger partial charge in [0.2, 0.25) is 0 Å². The minimum absolute atomic E-state index is 0.616. The van der Waals surface area contributed by atoms with Crippen LogP contribution < -0.4 is 20.9 Å². The first-order valence-electron chi connectivity index (χ1n) is 9.86. The Morgan fingerprint density at radius 2 is 1.69 bits per heavy atom. The van der Waals surface area contributed by atoms with E-state index >= 15 is 0 Å². The van der Waals surface area contributed by atoms with Gasteiger partial charge in [-0.25, -0.2) is 0 Å². The van der Waals surface area contributed by atoms with Gasteiger partial charge in [0.1, 0.15) is 11.5 Å². The summed E-state index contributed by atoms with van der Waals surface area (Å²) in [6, 6.07) is 11.2. The molecule has 1 heterocycles. The van der Waals surface area contributed by atoms with Crippen LogP contribution in [0.1, 0.15) is 12.8 Å². The zero-order chi connectivity index (χ0) is 21.2. The third-order valence-corrected chi connectivity index (χ3v) is 5.73. The third kappa shape index (κ3) is 6.79. The van der Waals surface area contributed by atoms with Crippen LogP contribution in [-0.2, 0) is 0 Å². The highest BCUT2D eigenvalue weighted by Gasteiger charge is 2.17. The zero-order valence-electron chi connectivity index (χ0n) is 17.2. The van der Waals surface area contributed by atoms with Crippen LogP contribution in [0.5, 0.6) is 11.5 Å². The molecule has 0 radical (unpaired) electrons. The molecule has 0 aliphatic carbocycles. The number of likely N-dealkylation sites (tertiary alicyclic amines) is 1. The first-order chi connectivity index (χ1) is 14.0. The van der Waals surface area contributed by atoms with Gasteiger partial charge in [0.15, 0.2) is 0 Å². The first kappa shape index (κ1) is 23.8. The summed E-state index contributed by atoms with van der Waals surface area (Å²) in [6.07, 6.45) is 2.52. The number of nitrogens with zero attached hydrogens (tertiary/aromatic N) is 1. The summed E-state index contributed by atoms with van der Waals surface area (Å²) in [5.41, 5.74) is 12.8. The van der Waals surface area contributed by atoms with Crippen LogP contribution in [0.25, 0.3) is 11.1 Å². The number of methoxy groups -OCH3 is 2. The summed E-state index contributed by atoms with van der Waals surface area (Å²) in [6.45, 7) is 5.08. The van der Waals surface area contributed by atoms with E-state index in [0.29, 0.717) is 5.02 Å². The summed E-state index contributed by atoms with van der Waals surface area (Å²) in [5.74, 6) is 2.22. The Hall–Kier alpha value is -1.44. The van der Waals surface area contributed by atoms with Crippen LogP contribution >= 0.6 is 24.2 Å². The van der Waals surface area contributed by atoms with E-state index < -0.39 is 0 Å². The topological polar surface area (TPSA) is 73.7 Å². The Morgan fingerprint density at radius 3 is 2.17 bits per heavy atom. The number of hydrogen-bond acceptors (Lipinski definition) is 6. The van der Waals surface area contributed by atoms with Crippen molar-refractivity contribution < 1.29 is 9.47 Å². The maximum absolute atomic E-state index is 6.26. The maximum atomic E-state index is 6.26. The normalized spacial score (nSPS) is 14.8. The number of benzene rings is 2. The number of hydrogen-bond donors (Lipinski definition) is 3. The van der Waals surface area contributed by atoms with Gasteiger partial charge < -0.3 is 25.8 Å². The lowest BCUT2D eigenvalue weighted by molar-refractivity contribution is 0.192. The fraction of sp³-hybridized carbons (Fsp3) is 0.455. The van der Waals surface area contributed by atoms with Gasteiger partial charge in [-0.15, -0.1) is 12.6 Å². The molecule has 2 aromatic carbocycles. The molecule has 160 valence electrons. The minimum atomic E-state index is 0.616. The molecule has 0 spiro atoms. The van der Waals surface area contributed by atoms with Crippen LogP contribution in [0, 0.1) is 5.92 Å². The second kappa shape index (κ2) is 12.3. The van der Waals surface area contributed by atoms with E-state index in [-0.39, 0.29) is 0 Å². The van der Waals surface area contributed by atoms with Crippen molar-refractivity contribution in [1.82, 2.24) is 4.90 Å². The van der Waals surface area contributed by atoms with Crippen molar-refractivity contribution in [2.45, 2.75) is 17.7 Å². The van der Waals surface area contributed by atoms with Crippen LogP contribution in [0.15, 0.2) is 41.3 Å². The minimum Gasteiger partial charge on any atom is -0.496 e. The van der Waals surface area contributed by atoms with Crippen LogP contribution in [0.4, 0.5) is 0 Å². The van der Waals surface area contributed by atoms with Gasteiger partial charge in [-0.1, -0.05) is 23.7 Å². The Balaban J connectivity index is 0.000000234. The van der Waals surface area contributed by atoms with Gasteiger partial charge in [-0.05, 0) is 62.7 Å². The highest BCUT2D eigenvalue weighted by Crippen LogP contribution is 2.41. The number of thiol groups is 1. The van der Waals surface area contributed by atoms with Crippen molar-refractivity contribution >= 4 is 24.2 Å². The van der Waals surface area contributed by atoms with E-state index in [2.05, 4.69) is 17.5 Å². The van der Waals surface area contributed by atoms with E-state index in [9.17, 15) is 0 Å². The molecule has 5 nitrogen and oxygen atoms in total. The van der Waals surface area contributed by atoms with Gasteiger partial charge in [-0.2, -0.15) is 0 Å². The van der Waals surface area contributed by atoms with Gasteiger partial charge in [0.25, 0.3) is 0 Å². The zero-order valence-corrected chi connectivity index (χ0v) is 18.9. The lowest BCUT2D eigenvalue weighted by Gasteiger charge is -2.30. The summed E-state index contributed by atoms with van der Waals surface area (Å²) >= 11 is 10.5. The number of rotatable bonds is 6. The molecular weight excluding hydrogens is 406 g/mol. The van der Waals surface area contributed by atoms with Crippen molar-refractivity contribution in [2.24, 2.45) is 17.4 Å². The molecule has 29 heavy (non-hydrogen) atoms. The predicted molar refractivity (Wildman–Crippen MR) is 125 cm³/mol. The molecule has 0 amide bonds. The molecule has 4 N–H and O–H groups in total. The smallest absolute Gasteiger partial charge is 0.130 e. The first-order valence-corrected chi connectivity index (χ1v) is 10.7. The SMILES string of the molecule is COc1cccc(OC)c1-c1ccc(S)cc1Cl.NCCN1CCC(CN)CC1. The highest BCUT2D eigenvalue weighted by molar-refractivity contribution is 7.80. The van der Waals surface area contributed by atoms with Crippen LogP contribution in [0.2, 0.25) is 5.02 Å². The van der Waals surface area contributed by atoms with E-state index in [1.165, 1.54) is 25.9 Å². The van der Waals surface area contributed by atoms with E-state index in [1.807, 2.05) is 30.3 Å². The number of piperidine rings is 1. The Labute approximate surface area is 184 Å². The monoisotopic (exact) mass is 437 g/mol. The maximum Gasteiger partial charge on any atom is 0.130 e. The molecular formula is C22H32ClN3O2S. The highest BCUT2D eigenvalue weighted by atomic mass is 35.5. The fourth-order valence-corrected chi connectivity index (χ4v) is 4.01. The molecule has 7 heteroatoms. The molecule has 0 atom stereocenters. The molecule has 0 aromatic heterocycles. The largest absolute Gasteiger partial charge is 0.496 e. The Bertz CT molecular complexity index is 745. The second-order valence-corrected chi connectivity index (χ2v) is 7.93. The van der Waals surface area contributed by atoms with Gasteiger partial charge >= 0.3 is 0 Å². The lowest BCUT2D eigenvalue weighted by Crippen LogP contribution is -2.38. The number of ether oxygens (including phenoxy) is 2. The van der Waals surface area contributed by atoms with E-state index in [4.69, 9.17) is 32.5 Å². The molecule has 3 rings (SSSR count). The quantitative estimate of drug-likeness (QED) is 0.597. The standard InChI is InChI=1S/C14H13ClO2S.C8H19N3/c1-16-12-4-3-5-13(17-2)14(12)10-7-6-9(18)8-11(10)15;9-3-6-11-4-1-8(7-10)2-5-11/h3-8,18H,1-2H3;8H,1-7,9-10H2. The number of nitrogens with two attached hydrogens (primary N) is 2. The predicted octanol–water partition coefficient (Wildman–Crippen LogP) is 3.93. The van der Waals surface area contributed by atoms with Gasteiger partial charge in [0.05, 0.1) is 19.8 Å². The van der Waals surface area contributed by atoms with Crippen LogP contribution in [0.3, 0.4) is 0 Å². The van der Waals surface area contributed by atoms with Gasteiger partial charge in [-0.3, -0.25) is 0 Å². The Morgan fingerprint density at radius 1 is 1.07 bits per heavy atom. The van der Waals surface area contributed by atoms with Crippen molar-refractivity contribution in [3.8, 4) is 22.6 Å². The van der Waals surface area contributed by atoms with E-state index in [0.717, 1.165) is 53.1 Å². The molecule has 0 saturated carbocycles. The fourth-order valence-electron chi connectivity index (χ4n) is 3.45. The number of halogens is 1. The summed E-state index contributed by atoms with van der Waals surface area (Å²) in [4.78, 5) is 3.24. The summed E-state index contributed by atoms with van der Waals surface area (Å²) in [7, 11) is 3.25. The molecule has 1 fully saturated rings. The summed E-state index contributed by atoms with van der Waals surface area (Å²) in [5, 5.41) is 0.616. The molecule has 0 bridgehead atoms. The molecule has 2 aromatic rings. The molecule has 1 saturated heterocycles. The lowest BCUT2D eigenvalue weighted by atomic mass is 9.97. The average Bonchev–Trinajstić information content (AvgIpc) is 2.74. The summed E-state index contributed by atoms with van der Waals surface area (Å²) < 4.78 is 10.7. The Kier molecular flexibility index (Phi) is 10.1. The third-order valence-electron chi connectivity index (χ3n) is 5.14. The van der Waals surface area contributed by atoms with Crippen molar-refractivity contribution in [3.63, 3.8) is 0 Å². The van der Waals surface area contributed by atoms with Crippen LogP contribution in [-0.4, -0.2) is 51.8 Å². The molecule has 1 aliphatic heterocycles. The molecule has 1 aliphatic rings. The van der Waals surface area contributed by atoms with E-state index in [1.54, 1.807) is 20.3 Å². The van der Waals surface area contributed by atoms with Crippen molar-refractivity contribution in [1.29, 1.82) is 0 Å².